The average molecular weight is 323 g/mol. The largest absolute Gasteiger partial charge is 0.423 e. The van der Waals surface area contributed by atoms with Gasteiger partial charge >= 0.3 is 5.63 Å². The zero-order valence-corrected chi connectivity index (χ0v) is 13.4. The predicted octanol–water partition coefficient (Wildman–Crippen LogP) is 4.50. The zero-order valence-electron chi connectivity index (χ0n) is 13.4. The molecule has 24 heavy (non-hydrogen) atoms. The third kappa shape index (κ3) is 3.08. The number of anilines is 1. The van der Waals surface area contributed by atoms with Gasteiger partial charge in [0.05, 0.1) is 0 Å². The van der Waals surface area contributed by atoms with Crippen molar-refractivity contribution in [3.8, 4) is 0 Å². The molecule has 3 rings (SSSR count). The van der Waals surface area contributed by atoms with Crippen LogP contribution in [0.3, 0.4) is 0 Å². The van der Waals surface area contributed by atoms with Gasteiger partial charge in [-0.2, -0.15) is 0 Å². The van der Waals surface area contributed by atoms with Crippen LogP contribution < -0.4 is 11.4 Å². The van der Waals surface area contributed by atoms with Crippen LogP contribution in [0.1, 0.15) is 29.5 Å². The van der Waals surface area contributed by atoms with Crippen LogP contribution in [0.15, 0.2) is 58.3 Å². The topological polar surface area (TPSA) is 56.2 Å². The molecule has 0 saturated carbocycles. The van der Waals surface area contributed by atoms with E-state index in [0.717, 1.165) is 5.56 Å². The van der Waals surface area contributed by atoms with Crippen molar-refractivity contribution in [1.29, 1.82) is 0 Å². The number of halogens is 1. The number of fused-ring (bicyclic) bond motifs is 1. The summed E-state index contributed by atoms with van der Waals surface area (Å²) < 4.78 is 19.3. The van der Waals surface area contributed by atoms with Gasteiger partial charge in [0.2, 0.25) is 0 Å². The summed E-state index contributed by atoms with van der Waals surface area (Å²) in [4.78, 5) is 12.2. The van der Waals surface area contributed by atoms with Gasteiger partial charge in [0, 0.05) is 22.2 Å². The van der Waals surface area contributed by atoms with Crippen molar-refractivity contribution in [2.45, 2.75) is 19.3 Å². The van der Waals surface area contributed by atoms with Gasteiger partial charge in [-0.25, -0.2) is 9.18 Å². The van der Waals surface area contributed by atoms with Gasteiger partial charge < -0.3 is 10.2 Å². The van der Waals surface area contributed by atoms with E-state index in [0.29, 0.717) is 34.2 Å². The van der Waals surface area contributed by atoms with Crippen LogP contribution in [0.4, 0.5) is 10.1 Å². The van der Waals surface area contributed by atoms with Gasteiger partial charge in [-0.1, -0.05) is 31.7 Å². The van der Waals surface area contributed by atoms with Gasteiger partial charge in [-0.3, -0.25) is 0 Å². The molecule has 1 unspecified atom stereocenters. The first-order valence-electron chi connectivity index (χ1n) is 7.72. The fraction of sp³-hybridized carbons (Fsp3) is 0.150. The molecule has 1 heterocycles. The van der Waals surface area contributed by atoms with E-state index in [4.69, 9.17) is 10.2 Å². The Bertz CT molecular complexity index is 975. The normalized spacial score (nSPS) is 12.2. The highest BCUT2D eigenvalue weighted by molar-refractivity contribution is 5.80. The van der Waals surface area contributed by atoms with Gasteiger partial charge in [-0.05, 0) is 48.2 Å². The summed E-state index contributed by atoms with van der Waals surface area (Å²) in [6.45, 7) is 5.56. The zero-order chi connectivity index (χ0) is 17.3. The van der Waals surface area contributed by atoms with Crippen LogP contribution >= 0.6 is 0 Å². The van der Waals surface area contributed by atoms with Crippen molar-refractivity contribution in [3.63, 3.8) is 0 Å². The van der Waals surface area contributed by atoms with Crippen LogP contribution in [0.25, 0.3) is 17.0 Å². The minimum Gasteiger partial charge on any atom is -0.423 e. The smallest absolute Gasteiger partial charge is 0.339 e. The maximum absolute atomic E-state index is 13.9. The first kappa shape index (κ1) is 16.0. The molecule has 2 aromatic carbocycles. The molecule has 0 spiro atoms. The summed E-state index contributed by atoms with van der Waals surface area (Å²) in [6, 6.07) is 12.1. The van der Waals surface area contributed by atoms with E-state index in [9.17, 15) is 9.18 Å². The average Bonchev–Trinajstić information content (AvgIpc) is 2.55. The highest BCUT2D eigenvalue weighted by atomic mass is 19.1. The fourth-order valence-corrected chi connectivity index (χ4v) is 2.81. The van der Waals surface area contributed by atoms with Crippen LogP contribution in [-0.2, 0) is 6.42 Å². The van der Waals surface area contributed by atoms with Gasteiger partial charge in [0.15, 0.2) is 0 Å². The molecule has 0 saturated heterocycles. The monoisotopic (exact) mass is 323 g/mol. The summed E-state index contributed by atoms with van der Waals surface area (Å²) in [5, 5.41) is 0.562. The molecule has 0 aliphatic carbocycles. The second kappa shape index (κ2) is 6.32. The van der Waals surface area contributed by atoms with Crippen molar-refractivity contribution in [2.24, 2.45) is 0 Å². The van der Waals surface area contributed by atoms with Crippen molar-refractivity contribution in [1.82, 2.24) is 0 Å². The molecule has 1 atom stereocenters. The maximum atomic E-state index is 13.9. The molecular formula is C20H18FNO2. The fourth-order valence-electron chi connectivity index (χ4n) is 2.81. The molecule has 1 aromatic heterocycles. The Morgan fingerprint density at radius 3 is 2.79 bits per heavy atom. The first-order valence-corrected chi connectivity index (χ1v) is 7.72. The molecule has 2 N–H and O–H groups in total. The van der Waals surface area contributed by atoms with E-state index in [2.05, 4.69) is 6.58 Å². The number of benzene rings is 2. The number of nitrogen functional groups attached to an aromatic ring is 1. The lowest BCUT2D eigenvalue weighted by molar-refractivity contribution is 0.543. The molecule has 122 valence electrons. The number of hydrogen-bond acceptors (Lipinski definition) is 3. The Balaban J connectivity index is 1.99. The summed E-state index contributed by atoms with van der Waals surface area (Å²) in [6.07, 6.45) is 1.89. The second-order valence-electron chi connectivity index (χ2n) is 5.95. The lowest BCUT2D eigenvalue weighted by Gasteiger charge is -2.12. The minimum atomic E-state index is -0.403. The van der Waals surface area contributed by atoms with Crippen molar-refractivity contribution < 1.29 is 8.81 Å². The Kier molecular flexibility index (Phi) is 4.21. The number of hydrogen-bond donors (Lipinski definition) is 1. The quantitative estimate of drug-likeness (QED) is 0.568. The number of nitrogens with two attached hydrogens (primary N) is 1. The molecule has 4 heteroatoms. The van der Waals surface area contributed by atoms with E-state index in [1.54, 1.807) is 6.07 Å². The standard InChI is InChI=1S/C20H18FNO2/c1-3-13-11-19-15(10-18(13)21)8-16(20(23)24-19)7-12(2)14-5-4-6-17(22)9-14/h3-6,8-12H,1,7,22H2,2H3. The Labute approximate surface area is 139 Å². The summed E-state index contributed by atoms with van der Waals surface area (Å²) in [5.74, 6) is -0.299. The highest BCUT2D eigenvalue weighted by Crippen LogP contribution is 2.24. The Morgan fingerprint density at radius 2 is 2.08 bits per heavy atom. The van der Waals surface area contributed by atoms with Crippen molar-refractivity contribution in [3.05, 3.63) is 82.0 Å². The molecule has 0 bridgehead atoms. The molecule has 0 aliphatic rings. The molecule has 0 radical (unpaired) electrons. The third-order valence-corrected chi connectivity index (χ3v) is 4.15. The summed E-state index contributed by atoms with van der Waals surface area (Å²) >= 11 is 0. The summed E-state index contributed by atoms with van der Waals surface area (Å²) in [7, 11) is 0. The van der Waals surface area contributed by atoms with Crippen molar-refractivity contribution in [2.75, 3.05) is 5.73 Å². The van der Waals surface area contributed by atoms with E-state index in [-0.39, 0.29) is 11.7 Å². The van der Waals surface area contributed by atoms with Crippen LogP contribution in [0.2, 0.25) is 0 Å². The molecule has 0 aliphatic heterocycles. The van der Waals surface area contributed by atoms with Gasteiger partial charge in [-0.15, -0.1) is 0 Å². The molecule has 0 fully saturated rings. The second-order valence-corrected chi connectivity index (χ2v) is 5.95. The van der Waals surface area contributed by atoms with E-state index < -0.39 is 5.63 Å². The predicted molar refractivity (Wildman–Crippen MR) is 95.5 cm³/mol. The minimum absolute atomic E-state index is 0.0890. The SMILES string of the molecule is C=Cc1cc2oc(=O)c(CC(C)c3cccc(N)c3)cc2cc1F. The van der Waals surface area contributed by atoms with E-state index in [1.165, 1.54) is 18.2 Å². The van der Waals surface area contributed by atoms with Crippen LogP contribution in [0.5, 0.6) is 0 Å². The molecule has 0 amide bonds. The first-order chi connectivity index (χ1) is 11.5. The molecule has 3 aromatic rings. The highest BCUT2D eigenvalue weighted by Gasteiger charge is 2.13. The maximum Gasteiger partial charge on any atom is 0.339 e. The summed E-state index contributed by atoms with van der Waals surface area (Å²) in [5.41, 5.74) is 8.32. The van der Waals surface area contributed by atoms with Crippen molar-refractivity contribution >= 4 is 22.7 Å². The van der Waals surface area contributed by atoms with E-state index >= 15 is 0 Å². The lowest BCUT2D eigenvalue weighted by atomic mass is 9.93. The van der Waals surface area contributed by atoms with E-state index in [1.807, 2.05) is 31.2 Å². The third-order valence-electron chi connectivity index (χ3n) is 4.15. The van der Waals surface area contributed by atoms with Crippen LogP contribution in [0, 0.1) is 5.82 Å². The Morgan fingerprint density at radius 1 is 1.29 bits per heavy atom. The molecular weight excluding hydrogens is 305 g/mol. The van der Waals surface area contributed by atoms with Gasteiger partial charge in [0.1, 0.15) is 11.4 Å². The molecule has 3 nitrogen and oxygen atoms in total. The Hall–Kier alpha value is -2.88. The lowest BCUT2D eigenvalue weighted by Crippen LogP contribution is -2.11. The van der Waals surface area contributed by atoms with Gasteiger partial charge in [0.25, 0.3) is 0 Å². The number of rotatable bonds is 4. The van der Waals surface area contributed by atoms with Crippen LogP contribution in [-0.4, -0.2) is 0 Å².